The summed E-state index contributed by atoms with van der Waals surface area (Å²) in [5, 5.41) is 2.94. The molecule has 2 fully saturated rings. The van der Waals surface area contributed by atoms with Gasteiger partial charge in [-0.1, -0.05) is 0 Å². The summed E-state index contributed by atoms with van der Waals surface area (Å²) in [5.74, 6) is 0.172. The number of nitrogens with one attached hydrogen (secondary N) is 1. The number of rotatable bonds is 5. The van der Waals surface area contributed by atoms with E-state index in [9.17, 15) is 18.0 Å². The molecule has 1 atom stereocenters. The van der Waals surface area contributed by atoms with E-state index in [1.807, 2.05) is 18.7 Å². The van der Waals surface area contributed by atoms with E-state index in [0.29, 0.717) is 45.4 Å². The number of carbonyl (C=O) groups is 2. The number of sulfonamides is 1. The molecule has 2 saturated heterocycles. The Morgan fingerprint density at radius 1 is 1.30 bits per heavy atom. The van der Waals surface area contributed by atoms with Crippen LogP contribution in [0.3, 0.4) is 0 Å². The fourth-order valence-electron chi connectivity index (χ4n) is 3.28. The second-order valence-electron chi connectivity index (χ2n) is 6.89. The SMILES string of the molecule is CC(C)N1CC(CNC(=O)C2CCN(S(C)(=O)=O)CC2)CC1=O. The van der Waals surface area contributed by atoms with E-state index in [4.69, 9.17) is 0 Å². The summed E-state index contributed by atoms with van der Waals surface area (Å²) >= 11 is 0. The molecular formula is C15H27N3O4S. The monoisotopic (exact) mass is 345 g/mol. The van der Waals surface area contributed by atoms with Gasteiger partial charge in [-0.05, 0) is 26.7 Å². The van der Waals surface area contributed by atoms with Crippen molar-refractivity contribution in [1.82, 2.24) is 14.5 Å². The first-order valence-electron chi connectivity index (χ1n) is 8.20. The Kier molecular flexibility index (Phi) is 5.67. The minimum Gasteiger partial charge on any atom is -0.356 e. The molecule has 0 aromatic heterocycles. The van der Waals surface area contributed by atoms with Crippen molar-refractivity contribution in [2.24, 2.45) is 11.8 Å². The lowest BCUT2D eigenvalue weighted by Crippen LogP contribution is -2.43. The zero-order chi connectivity index (χ0) is 17.2. The molecule has 2 aliphatic heterocycles. The van der Waals surface area contributed by atoms with Gasteiger partial charge in [-0.2, -0.15) is 0 Å². The number of piperidine rings is 1. The van der Waals surface area contributed by atoms with Gasteiger partial charge >= 0.3 is 0 Å². The van der Waals surface area contributed by atoms with Crippen molar-refractivity contribution in [2.75, 3.05) is 32.4 Å². The Balaban J connectivity index is 1.75. The molecule has 0 aromatic rings. The van der Waals surface area contributed by atoms with E-state index in [0.717, 1.165) is 0 Å². The molecule has 2 heterocycles. The topological polar surface area (TPSA) is 86.8 Å². The number of likely N-dealkylation sites (tertiary alicyclic amines) is 1. The minimum absolute atomic E-state index is 0.0198. The number of carbonyl (C=O) groups excluding carboxylic acids is 2. The summed E-state index contributed by atoms with van der Waals surface area (Å²) in [6.07, 6.45) is 2.80. The van der Waals surface area contributed by atoms with Gasteiger partial charge in [0.15, 0.2) is 0 Å². The van der Waals surface area contributed by atoms with Crippen LogP contribution in [0.15, 0.2) is 0 Å². The molecule has 0 bridgehead atoms. The van der Waals surface area contributed by atoms with Gasteiger partial charge < -0.3 is 10.2 Å². The Morgan fingerprint density at radius 3 is 2.39 bits per heavy atom. The van der Waals surface area contributed by atoms with Gasteiger partial charge in [0.25, 0.3) is 0 Å². The summed E-state index contributed by atoms with van der Waals surface area (Å²) in [7, 11) is -3.16. The van der Waals surface area contributed by atoms with Crippen LogP contribution in [-0.2, 0) is 19.6 Å². The van der Waals surface area contributed by atoms with Crippen molar-refractivity contribution >= 4 is 21.8 Å². The lowest BCUT2D eigenvalue weighted by molar-refractivity contribution is -0.129. The number of hydrogen-bond acceptors (Lipinski definition) is 4. The molecule has 0 radical (unpaired) electrons. The molecule has 0 aliphatic carbocycles. The molecule has 2 amide bonds. The van der Waals surface area contributed by atoms with Gasteiger partial charge in [-0.15, -0.1) is 0 Å². The molecule has 7 nitrogen and oxygen atoms in total. The maximum atomic E-state index is 12.2. The molecule has 23 heavy (non-hydrogen) atoms. The molecule has 1 unspecified atom stereocenters. The minimum atomic E-state index is -3.16. The van der Waals surface area contributed by atoms with Crippen LogP contribution < -0.4 is 5.32 Å². The van der Waals surface area contributed by atoms with Crippen LogP contribution >= 0.6 is 0 Å². The van der Waals surface area contributed by atoms with Crippen LogP contribution in [0.2, 0.25) is 0 Å². The maximum absolute atomic E-state index is 12.2. The molecule has 132 valence electrons. The van der Waals surface area contributed by atoms with E-state index in [2.05, 4.69) is 5.32 Å². The largest absolute Gasteiger partial charge is 0.356 e. The Morgan fingerprint density at radius 2 is 1.91 bits per heavy atom. The smallest absolute Gasteiger partial charge is 0.223 e. The lowest BCUT2D eigenvalue weighted by Gasteiger charge is -2.29. The molecule has 0 spiro atoms. The fraction of sp³-hybridized carbons (Fsp3) is 0.867. The summed E-state index contributed by atoms with van der Waals surface area (Å²) in [6.45, 7) is 6.01. The molecule has 2 rings (SSSR count). The lowest BCUT2D eigenvalue weighted by atomic mass is 9.97. The third-order valence-corrected chi connectivity index (χ3v) is 6.02. The number of hydrogen-bond donors (Lipinski definition) is 1. The Bertz CT molecular complexity index is 553. The van der Waals surface area contributed by atoms with Gasteiger partial charge in [0, 0.05) is 50.5 Å². The molecule has 1 N–H and O–H groups in total. The molecular weight excluding hydrogens is 318 g/mol. The van der Waals surface area contributed by atoms with E-state index in [-0.39, 0.29) is 29.7 Å². The summed E-state index contributed by atoms with van der Waals surface area (Å²) < 4.78 is 24.4. The van der Waals surface area contributed by atoms with Gasteiger partial charge in [-0.3, -0.25) is 9.59 Å². The van der Waals surface area contributed by atoms with Crippen LogP contribution in [0.1, 0.15) is 33.1 Å². The van der Waals surface area contributed by atoms with Crippen molar-refractivity contribution in [3.63, 3.8) is 0 Å². The molecule has 8 heteroatoms. The van der Waals surface area contributed by atoms with Crippen LogP contribution in [-0.4, -0.2) is 67.9 Å². The van der Waals surface area contributed by atoms with Crippen LogP contribution in [0.4, 0.5) is 0 Å². The summed E-state index contributed by atoms with van der Waals surface area (Å²) in [4.78, 5) is 25.9. The van der Waals surface area contributed by atoms with E-state index in [1.54, 1.807) is 0 Å². The highest BCUT2D eigenvalue weighted by Gasteiger charge is 2.33. The van der Waals surface area contributed by atoms with E-state index >= 15 is 0 Å². The fourth-order valence-corrected chi connectivity index (χ4v) is 4.16. The average Bonchev–Trinajstić information content (AvgIpc) is 2.85. The molecule has 0 saturated carbocycles. The second-order valence-corrected chi connectivity index (χ2v) is 8.87. The maximum Gasteiger partial charge on any atom is 0.223 e. The van der Waals surface area contributed by atoms with Gasteiger partial charge in [0.05, 0.1) is 6.26 Å². The number of nitrogens with zero attached hydrogens (tertiary/aromatic N) is 2. The van der Waals surface area contributed by atoms with Crippen molar-refractivity contribution < 1.29 is 18.0 Å². The van der Waals surface area contributed by atoms with Crippen molar-refractivity contribution in [1.29, 1.82) is 0 Å². The standard InChI is InChI=1S/C15H27N3O4S/c1-11(2)18-10-12(8-14(18)19)9-16-15(20)13-4-6-17(7-5-13)23(3,21)22/h11-13H,4-10H2,1-3H3,(H,16,20). The van der Waals surface area contributed by atoms with Crippen molar-refractivity contribution in [3.05, 3.63) is 0 Å². The second kappa shape index (κ2) is 7.17. The zero-order valence-corrected chi connectivity index (χ0v) is 14.9. The first-order valence-corrected chi connectivity index (χ1v) is 10.1. The molecule has 2 aliphatic rings. The summed E-state index contributed by atoms with van der Waals surface area (Å²) in [6, 6.07) is 0.198. The van der Waals surface area contributed by atoms with Gasteiger partial charge in [-0.25, -0.2) is 12.7 Å². The summed E-state index contributed by atoms with van der Waals surface area (Å²) in [5.41, 5.74) is 0. The highest BCUT2D eigenvalue weighted by atomic mass is 32.2. The Labute approximate surface area is 138 Å². The predicted octanol–water partition coefficient (Wildman–Crippen LogP) is 0.0311. The van der Waals surface area contributed by atoms with E-state index < -0.39 is 10.0 Å². The predicted molar refractivity (Wildman–Crippen MR) is 87.1 cm³/mol. The van der Waals surface area contributed by atoms with Crippen LogP contribution in [0.5, 0.6) is 0 Å². The van der Waals surface area contributed by atoms with Crippen LogP contribution in [0.25, 0.3) is 0 Å². The molecule has 0 aromatic carbocycles. The van der Waals surface area contributed by atoms with Crippen molar-refractivity contribution in [2.45, 2.75) is 39.2 Å². The Hall–Kier alpha value is -1.15. The van der Waals surface area contributed by atoms with Gasteiger partial charge in [0.1, 0.15) is 0 Å². The quantitative estimate of drug-likeness (QED) is 0.762. The normalized spacial score (nSPS) is 24.4. The average molecular weight is 345 g/mol. The third kappa shape index (κ3) is 4.67. The van der Waals surface area contributed by atoms with E-state index in [1.165, 1.54) is 10.6 Å². The first kappa shape index (κ1) is 18.2. The first-order chi connectivity index (χ1) is 10.7. The highest BCUT2D eigenvalue weighted by molar-refractivity contribution is 7.88. The van der Waals surface area contributed by atoms with Crippen molar-refractivity contribution in [3.8, 4) is 0 Å². The van der Waals surface area contributed by atoms with Gasteiger partial charge in [0.2, 0.25) is 21.8 Å². The number of amides is 2. The zero-order valence-electron chi connectivity index (χ0n) is 14.1. The third-order valence-electron chi connectivity index (χ3n) is 4.72. The highest BCUT2D eigenvalue weighted by Crippen LogP contribution is 2.21. The van der Waals surface area contributed by atoms with Crippen LogP contribution in [0, 0.1) is 11.8 Å².